The molecule has 0 atom stereocenters. The number of aromatic hydroxyl groups is 1. The largest absolute Gasteiger partial charge is 0.506 e. The van der Waals surface area contributed by atoms with Crippen molar-refractivity contribution < 1.29 is 19.4 Å². The molecule has 0 aliphatic heterocycles. The maximum absolute atomic E-state index is 10.9. The van der Waals surface area contributed by atoms with Crippen LogP contribution < -0.4 is 4.74 Å². The summed E-state index contributed by atoms with van der Waals surface area (Å²) in [4.78, 5) is 13.7. The molecule has 0 spiro atoms. The molecule has 0 aliphatic rings. The molecule has 1 aromatic carbocycles. The van der Waals surface area contributed by atoms with Crippen molar-refractivity contribution in [3.05, 3.63) is 27.4 Å². The maximum atomic E-state index is 10.9. The average Bonchev–Trinajstić information content (AvgIpc) is 2.43. The van der Waals surface area contributed by atoms with Crippen LogP contribution in [-0.2, 0) is 4.74 Å². The Kier molecular flexibility index (Phi) is 4.59. The first-order chi connectivity index (χ1) is 9.60. The molecule has 0 bridgehead atoms. The minimum Gasteiger partial charge on any atom is -0.506 e. The van der Waals surface area contributed by atoms with Gasteiger partial charge >= 0.3 is 0 Å². The van der Waals surface area contributed by atoms with Gasteiger partial charge in [-0.15, -0.1) is 0 Å². The second-order valence-electron chi connectivity index (χ2n) is 3.98. The number of aldehydes is 1. The number of aromatic amines is 1. The van der Waals surface area contributed by atoms with Gasteiger partial charge in [-0.2, -0.15) is 0 Å². The average molecular weight is 314 g/mol. The Labute approximate surface area is 125 Å². The van der Waals surface area contributed by atoms with Crippen molar-refractivity contribution in [1.82, 2.24) is 4.98 Å². The van der Waals surface area contributed by atoms with E-state index in [0.717, 1.165) is 0 Å². The van der Waals surface area contributed by atoms with Crippen molar-refractivity contribution in [3.8, 4) is 11.5 Å². The van der Waals surface area contributed by atoms with Crippen molar-refractivity contribution in [2.45, 2.75) is 0 Å². The van der Waals surface area contributed by atoms with Crippen LogP contribution >= 0.6 is 23.8 Å². The molecule has 0 unspecified atom stereocenters. The molecule has 2 aromatic rings. The molecule has 2 N–H and O–H groups in total. The first kappa shape index (κ1) is 14.8. The molecule has 106 valence electrons. The first-order valence-corrected chi connectivity index (χ1v) is 6.53. The Morgan fingerprint density at radius 1 is 1.45 bits per heavy atom. The quantitative estimate of drug-likeness (QED) is 0.504. The number of rotatable bonds is 5. The molecule has 20 heavy (non-hydrogen) atoms. The topological polar surface area (TPSA) is 71.5 Å². The van der Waals surface area contributed by atoms with Crippen LogP contribution in [0.5, 0.6) is 11.5 Å². The number of carbonyl (C=O) groups excluding carboxylic acids is 1. The van der Waals surface area contributed by atoms with Crippen LogP contribution in [0.25, 0.3) is 10.9 Å². The zero-order chi connectivity index (χ0) is 14.7. The van der Waals surface area contributed by atoms with Crippen molar-refractivity contribution in [2.24, 2.45) is 0 Å². The summed E-state index contributed by atoms with van der Waals surface area (Å²) in [5.41, 5.74) is 0.464. The molecule has 0 fully saturated rings. The van der Waals surface area contributed by atoms with E-state index in [1.54, 1.807) is 19.2 Å². The van der Waals surface area contributed by atoms with Gasteiger partial charge in [-0.3, -0.25) is 4.79 Å². The number of hydrogen-bond acceptors (Lipinski definition) is 5. The summed E-state index contributed by atoms with van der Waals surface area (Å²) >= 11 is 11.2. The van der Waals surface area contributed by atoms with Crippen LogP contribution in [0.1, 0.15) is 10.4 Å². The highest BCUT2D eigenvalue weighted by Crippen LogP contribution is 2.36. The Hall–Kier alpha value is -1.63. The number of ether oxygens (including phenoxy) is 2. The highest BCUT2D eigenvalue weighted by atomic mass is 35.5. The monoisotopic (exact) mass is 313 g/mol. The molecule has 0 saturated heterocycles. The summed E-state index contributed by atoms with van der Waals surface area (Å²) in [5.74, 6) is 0.254. The molecular weight excluding hydrogens is 302 g/mol. The highest BCUT2D eigenvalue weighted by Gasteiger charge is 2.14. The highest BCUT2D eigenvalue weighted by molar-refractivity contribution is 7.71. The molecule has 7 heteroatoms. The number of carbonyl (C=O) groups is 1. The van der Waals surface area contributed by atoms with E-state index in [0.29, 0.717) is 36.2 Å². The summed E-state index contributed by atoms with van der Waals surface area (Å²) in [5, 5.41) is 10.7. The Bertz CT molecular complexity index is 714. The molecule has 0 radical (unpaired) electrons. The lowest BCUT2D eigenvalue weighted by atomic mass is 10.1. The minimum atomic E-state index is -0.191. The third-order valence-electron chi connectivity index (χ3n) is 2.76. The standard InChI is InChI=1S/C13H12ClNO4S/c1-18-4-5-19-9-3-2-7-11(10(9)14)15-13(20)8(6-16)12(7)17/h2-3,6H,4-5H2,1H3,(H2,15,17,20). The lowest BCUT2D eigenvalue weighted by Gasteiger charge is -2.11. The maximum Gasteiger partial charge on any atom is 0.156 e. The normalized spacial score (nSPS) is 10.7. The van der Waals surface area contributed by atoms with Gasteiger partial charge in [-0.05, 0) is 12.1 Å². The van der Waals surface area contributed by atoms with E-state index in [-0.39, 0.29) is 21.0 Å². The summed E-state index contributed by atoms with van der Waals surface area (Å²) in [6.45, 7) is 0.778. The van der Waals surface area contributed by atoms with E-state index in [2.05, 4.69) is 4.98 Å². The number of halogens is 1. The summed E-state index contributed by atoms with van der Waals surface area (Å²) in [6.07, 6.45) is 0.504. The van der Waals surface area contributed by atoms with Crippen LogP contribution in [0.3, 0.4) is 0 Å². The van der Waals surface area contributed by atoms with Crippen molar-refractivity contribution in [3.63, 3.8) is 0 Å². The van der Waals surface area contributed by atoms with E-state index in [4.69, 9.17) is 33.3 Å². The van der Waals surface area contributed by atoms with Crippen LogP contribution in [0.15, 0.2) is 12.1 Å². The van der Waals surface area contributed by atoms with Gasteiger partial charge in [-0.1, -0.05) is 23.8 Å². The van der Waals surface area contributed by atoms with E-state index < -0.39 is 0 Å². The zero-order valence-electron chi connectivity index (χ0n) is 10.6. The van der Waals surface area contributed by atoms with Crippen molar-refractivity contribution in [1.29, 1.82) is 0 Å². The van der Waals surface area contributed by atoms with E-state index in [1.807, 2.05) is 0 Å². The second-order valence-corrected chi connectivity index (χ2v) is 4.76. The minimum absolute atomic E-state index is 0.0385. The molecule has 0 saturated carbocycles. The molecule has 1 heterocycles. The van der Waals surface area contributed by atoms with Crippen LogP contribution in [0.2, 0.25) is 5.02 Å². The van der Waals surface area contributed by atoms with E-state index in [1.165, 1.54) is 0 Å². The number of fused-ring (bicyclic) bond motifs is 1. The number of methoxy groups -OCH3 is 1. The smallest absolute Gasteiger partial charge is 0.156 e. The fraction of sp³-hybridized carbons (Fsp3) is 0.231. The lowest BCUT2D eigenvalue weighted by Crippen LogP contribution is -2.04. The van der Waals surface area contributed by atoms with Crippen molar-refractivity contribution >= 4 is 41.0 Å². The number of aromatic nitrogens is 1. The Morgan fingerprint density at radius 3 is 2.85 bits per heavy atom. The van der Waals surface area contributed by atoms with Crippen LogP contribution in [0.4, 0.5) is 0 Å². The first-order valence-electron chi connectivity index (χ1n) is 5.74. The van der Waals surface area contributed by atoms with Gasteiger partial charge < -0.3 is 19.6 Å². The Balaban J connectivity index is 2.56. The lowest BCUT2D eigenvalue weighted by molar-refractivity contribution is 0.112. The molecule has 2 rings (SSSR count). The van der Waals surface area contributed by atoms with Gasteiger partial charge in [0.2, 0.25) is 0 Å². The molecular formula is C13H12ClNO4S. The Morgan fingerprint density at radius 2 is 2.20 bits per heavy atom. The van der Waals surface area contributed by atoms with Gasteiger partial charge in [-0.25, -0.2) is 0 Å². The van der Waals surface area contributed by atoms with Crippen LogP contribution in [0, 0.1) is 4.64 Å². The number of hydrogen-bond donors (Lipinski definition) is 2. The predicted octanol–water partition coefficient (Wildman–Crippen LogP) is 3.09. The molecule has 1 aromatic heterocycles. The third kappa shape index (κ3) is 2.63. The van der Waals surface area contributed by atoms with Crippen molar-refractivity contribution in [2.75, 3.05) is 20.3 Å². The van der Waals surface area contributed by atoms with Gasteiger partial charge in [0, 0.05) is 12.5 Å². The summed E-state index contributed by atoms with van der Waals surface area (Å²) < 4.78 is 10.5. The number of pyridine rings is 1. The molecule has 0 aliphatic carbocycles. The van der Waals surface area contributed by atoms with E-state index >= 15 is 0 Å². The number of H-pyrrole nitrogens is 1. The molecule has 5 nitrogen and oxygen atoms in total. The summed E-state index contributed by atoms with van der Waals surface area (Å²) in [6, 6.07) is 3.22. The van der Waals surface area contributed by atoms with Crippen LogP contribution in [-0.4, -0.2) is 36.7 Å². The zero-order valence-corrected chi connectivity index (χ0v) is 12.2. The van der Waals surface area contributed by atoms with Gasteiger partial charge in [0.15, 0.2) is 6.29 Å². The predicted molar refractivity (Wildman–Crippen MR) is 78.6 cm³/mol. The van der Waals surface area contributed by atoms with E-state index in [9.17, 15) is 9.90 Å². The SMILES string of the molecule is COCCOc1ccc2c(O)c(C=O)c(=S)[nH]c2c1Cl. The fourth-order valence-electron chi connectivity index (χ4n) is 1.77. The summed E-state index contributed by atoms with van der Waals surface area (Å²) in [7, 11) is 1.57. The number of benzene rings is 1. The molecule has 0 amide bonds. The fourth-order valence-corrected chi connectivity index (χ4v) is 2.28. The van der Waals surface area contributed by atoms with Gasteiger partial charge in [0.25, 0.3) is 0 Å². The third-order valence-corrected chi connectivity index (χ3v) is 3.46. The van der Waals surface area contributed by atoms with Gasteiger partial charge in [0.05, 0.1) is 17.7 Å². The van der Waals surface area contributed by atoms with Gasteiger partial charge in [0.1, 0.15) is 27.8 Å². The number of nitrogens with one attached hydrogen (secondary N) is 1. The second kappa shape index (κ2) is 6.21.